The quantitative estimate of drug-likeness (QED) is 0.781. The molecule has 5 heteroatoms. The number of pyridine rings is 1. The number of nitrogens with zero attached hydrogens (tertiary/aromatic N) is 1. The number of carbonyl (C=O) groups is 1. The van der Waals surface area contributed by atoms with Crippen LogP contribution in [0.2, 0.25) is 0 Å². The maximum absolute atomic E-state index is 11.9. The predicted octanol–water partition coefficient (Wildman–Crippen LogP) is 2.84. The number of nitrogens with one attached hydrogen (secondary N) is 2. The van der Waals surface area contributed by atoms with Gasteiger partial charge in [-0.2, -0.15) is 0 Å². The molecule has 0 aliphatic rings. The molecule has 0 radical (unpaired) electrons. The Balaban J connectivity index is 0.00000264. The lowest BCUT2D eigenvalue weighted by atomic mass is 10.0. The van der Waals surface area contributed by atoms with Crippen LogP contribution in [0.1, 0.15) is 29.4 Å². The molecule has 1 aromatic carbocycles. The number of rotatable bonds is 8. The van der Waals surface area contributed by atoms with Crippen molar-refractivity contribution in [2.45, 2.75) is 25.8 Å². The Labute approximate surface area is 144 Å². The van der Waals surface area contributed by atoms with Crippen LogP contribution in [0.5, 0.6) is 0 Å². The normalized spacial score (nSPS) is 11.3. The Hall–Kier alpha value is -1.91. The highest BCUT2D eigenvalue weighted by atomic mass is 35.5. The van der Waals surface area contributed by atoms with Gasteiger partial charge >= 0.3 is 0 Å². The summed E-state index contributed by atoms with van der Waals surface area (Å²) in [5.41, 5.74) is 1.77. The number of halogens is 1. The van der Waals surface area contributed by atoms with E-state index in [1.165, 1.54) is 5.56 Å². The van der Waals surface area contributed by atoms with E-state index in [2.05, 4.69) is 46.8 Å². The van der Waals surface area contributed by atoms with Crippen LogP contribution in [0.25, 0.3) is 0 Å². The van der Waals surface area contributed by atoms with Crippen molar-refractivity contribution in [2.75, 3.05) is 13.1 Å². The van der Waals surface area contributed by atoms with Crippen LogP contribution in [-0.4, -0.2) is 30.0 Å². The van der Waals surface area contributed by atoms with Gasteiger partial charge in [0.25, 0.3) is 5.91 Å². The molecule has 124 valence electrons. The van der Waals surface area contributed by atoms with Gasteiger partial charge in [-0.25, -0.2) is 0 Å². The molecule has 0 spiro atoms. The maximum Gasteiger partial charge on any atom is 0.269 e. The minimum absolute atomic E-state index is 0. The van der Waals surface area contributed by atoms with Gasteiger partial charge in [0.05, 0.1) is 0 Å². The minimum Gasteiger partial charge on any atom is -0.351 e. The van der Waals surface area contributed by atoms with Crippen molar-refractivity contribution in [3.05, 3.63) is 66.0 Å². The molecule has 23 heavy (non-hydrogen) atoms. The Morgan fingerprint density at radius 2 is 1.87 bits per heavy atom. The maximum atomic E-state index is 11.9. The van der Waals surface area contributed by atoms with Crippen LogP contribution < -0.4 is 10.6 Å². The third-order valence-corrected chi connectivity index (χ3v) is 3.49. The molecule has 0 saturated heterocycles. The smallest absolute Gasteiger partial charge is 0.269 e. The molecule has 0 saturated carbocycles. The van der Waals surface area contributed by atoms with Crippen LogP contribution in [0.3, 0.4) is 0 Å². The Bertz CT molecular complexity index is 563. The standard InChI is InChI=1S/C18H23N3O.ClH/c1-2-19-16(14-15-8-4-3-5-9-15)11-13-21-18(22)17-10-6-7-12-20-17;/h3-10,12,16,19H,2,11,13-14H2,1H3,(H,21,22);1H/t16-;/m1./s1. The predicted molar refractivity (Wildman–Crippen MR) is 96.0 cm³/mol. The number of aromatic nitrogens is 1. The summed E-state index contributed by atoms with van der Waals surface area (Å²) < 4.78 is 0. The molecular weight excluding hydrogens is 310 g/mol. The summed E-state index contributed by atoms with van der Waals surface area (Å²) >= 11 is 0. The van der Waals surface area contributed by atoms with E-state index in [0.29, 0.717) is 18.3 Å². The van der Waals surface area contributed by atoms with Crippen LogP contribution >= 0.6 is 12.4 Å². The number of hydrogen-bond donors (Lipinski definition) is 2. The first kappa shape index (κ1) is 19.1. The molecule has 0 unspecified atom stereocenters. The minimum atomic E-state index is -0.115. The van der Waals surface area contributed by atoms with Crippen LogP contribution in [0.4, 0.5) is 0 Å². The Kier molecular flexibility index (Phi) is 8.95. The van der Waals surface area contributed by atoms with E-state index < -0.39 is 0 Å². The van der Waals surface area contributed by atoms with Crippen molar-refractivity contribution >= 4 is 18.3 Å². The van der Waals surface area contributed by atoms with Crippen LogP contribution in [-0.2, 0) is 6.42 Å². The van der Waals surface area contributed by atoms with E-state index in [1.807, 2.05) is 12.1 Å². The molecule has 0 fully saturated rings. The second-order valence-electron chi connectivity index (χ2n) is 5.20. The van der Waals surface area contributed by atoms with Crippen molar-refractivity contribution < 1.29 is 4.79 Å². The van der Waals surface area contributed by atoms with E-state index in [-0.39, 0.29) is 18.3 Å². The largest absolute Gasteiger partial charge is 0.351 e. The summed E-state index contributed by atoms with van der Waals surface area (Å²) in [4.78, 5) is 16.0. The molecule has 1 atom stereocenters. The molecule has 0 aliphatic carbocycles. The monoisotopic (exact) mass is 333 g/mol. The van der Waals surface area contributed by atoms with Gasteiger partial charge in [-0.1, -0.05) is 43.3 Å². The van der Waals surface area contributed by atoms with E-state index >= 15 is 0 Å². The molecule has 4 nitrogen and oxygen atoms in total. The fourth-order valence-corrected chi connectivity index (χ4v) is 2.41. The second-order valence-corrected chi connectivity index (χ2v) is 5.20. The molecule has 1 heterocycles. The first-order chi connectivity index (χ1) is 10.8. The summed E-state index contributed by atoms with van der Waals surface area (Å²) in [5.74, 6) is -0.115. The van der Waals surface area contributed by atoms with Crippen LogP contribution in [0, 0.1) is 0 Å². The Morgan fingerprint density at radius 3 is 2.52 bits per heavy atom. The molecule has 1 amide bonds. The van der Waals surface area contributed by atoms with Gasteiger partial charge in [-0.15, -0.1) is 12.4 Å². The summed E-state index contributed by atoms with van der Waals surface area (Å²) in [5, 5.41) is 6.41. The van der Waals surface area contributed by atoms with E-state index in [4.69, 9.17) is 0 Å². The van der Waals surface area contributed by atoms with E-state index in [0.717, 1.165) is 19.4 Å². The topological polar surface area (TPSA) is 54.0 Å². The number of carbonyl (C=O) groups excluding carboxylic acids is 1. The zero-order valence-electron chi connectivity index (χ0n) is 13.4. The fraction of sp³-hybridized carbons (Fsp3) is 0.333. The van der Waals surface area contributed by atoms with E-state index in [1.54, 1.807) is 18.3 Å². The summed E-state index contributed by atoms with van der Waals surface area (Å²) in [6, 6.07) is 16.1. The van der Waals surface area contributed by atoms with Crippen molar-refractivity contribution in [1.82, 2.24) is 15.6 Å². The highest BCUT2D eigenvalue weighted by Crippen LogP contribution is 2.05. The van der Waals surface area contributed by atoms with Crippen molar-refractivity contribution in [3.63, 3.8) is 0 Å². The molecule has 2 rings (SSSR count). The second kappa shape index (κ2) is 10.8. The van der Waals surface area contributed by atoms with Gasteiger partial charge in [0.2, 0.25) is 0 Å². The van der Waals surface area contributed by atoms with Gasteiger partial charge in [0.1, 0.15) is 5.69 Å². The number of amides is 1. The van der Waals surface area contributed by atoms with Gasteiger partial charge in [0.15, 0.2) is 0 Å². The van der Waals surface area contributed by atoms with Crippen molar-refractivity contribution in [1.29, 1.82) is 0 Å². The third-order valence-electron chi connectivity index (χ3n) is 3.49. The highest BCUT2D eigenvalue weighted by Gasteiger charge is 2.10. The molecule has 2 aromatic rings. The first-order valence-electron chi connectivity index (χ1n) is 7.76. The average molecular weight is 334 g/mol. The number of likely N-dealkylation sites (N-methyl/N-ethyl adjacent to an activating group) is 1. The number of hydrogen-bond acceptors (Lipinski definition) is 3. The molecule has 2 N–H and O–H groups in total. The van der Waals surface area contributed by atoms with E-state index in [9.17, 15) is 4.79 Å². The van der Waals surface area contributed by atoms with Crippen molar-refractivity contribution in [3.8, 4) is 0 Å². The highest BCUT2D eigenvalue weighted by molar-refractivity contribution is 5.92. The van der Waals surface area contributed by atoms with Crippen LogP contribution in [0.15, 0.2) is 54.7 Å². The summed E-state index contributed by atoms with van der Waals surface area (Å²) in [6.07, 6.45) is 3.49. The zero-order chi connectivity index (χ0) is 15.6. The fourth-order valence-electron chi connectivity index (χ4n) is 2.41. The first-order valence-corrected chi connectivity index (χ1v) is 7.76. The molecular formula is C18H24ClN3O. The lowest BCUT2D eigenvalue weighted by molar-refractivity contribution is 0.0947. The summed E-state index contributed by atoms with van der Waals surface area (Å²) in [7, 11) is 0. The van der Waals surface area contributed by atoms with Gasteiger partial charge in [0, 0.05) is 18.8 Å². The lowest BCUT2D eigenvalue weighted by Crippen LogP contribution is -2.35. The zero-order valence-corrected chi connectivity index (χ0v) is 14.2. The van der Waals surface area contributed by atoms with Gasteiger partial charge < -0.3 is 10.6 Å². The average Bonchev–Trinajstić information content (AvgIpc) is 2.56. The van der Waals surface area contributed by atoms with Gasteiger partial charge in [-0.05, 0) is 37.1 Å². The lowest BCUT2D eigenvalue weighted by Gasteiger charge is -2.18. The SMILES string of the molecule is CCN[C@H](CCNC(=O)c1ccccn1)Cc1ccccc1.Cl. The van der Waals surface area contributed by atoms with Crippen molar-refractivity contribution in [2.24, 2.45) is 0 Å². The molecule has 0 aliphatic heterocycles. The third kappa shape index (κ3) is 6.80. The summed E-state index contributed by atoms with van der Waals surface area (Å²) in [6.45, 7) is 3.66. The molecule has 1 aromatic heterocycles. The Morgan fingerprint density at radius 1 is 1.13 bits per heavy atom. The molecule has 0 bridgehead atoms. The number of benzene rings is 1. The van der Waals surface area contributed by atoms with Gasteiger partial charge in [-0.3, -0.25) is 9.78 Å².